The summed E-state index contributed by atoms with van der Waals surface area (Å²) in [5.41, 5.74) is 0. The van der Waals surface area contributed by atoms with Crippen LogP contribution >= 0.6 is 0 Å². The molecule has 7 heteroatoms. The summed E-state index contributed by atoms with van der Waals surface area (Å²) in [6.45, 7) is 4.48. The van der Waals surface area contributed by atoms with Crippen molar-refractivity contribution in [1.82, 2.24) is 0 Å². The summed E-state index contributed by atoms with van der Waals surface area (Å²) in [7, 11) is 0. The van der Waals surface area contributed by atoms with Crippen LogP contribution in [-0.2, 0) is 28.6 Å². The first-order chi connectivity index (χ1) is 10.8. The van der Waals surface area contributed by atoms with E-state index < -0.39 is 42.3 Å². The summed E-state index contributed by atoms with van der Waals surface area (Å²) in [6.07, 6.45) is 2.13. The third-order valence-corrected chi connectivity index (χ3v) is 3.16. The van der Waals surface area contributed by atoms with Gasteiger partial charge in [-0.2, -0.15) is 0 Å². The number of carbonyl (C=O) groups is 3. The summed E-state index contributed by atoms with van der Waals surface area (Å²) in [4.78, 5) is 34.4. The minimum Gasteiger partial charge on any atom is -0.459 e. The molecule has 128 valence electrons. The van der Waals surface area contributed by atoms with E-state index >= 15 is 0 Å². The van der Waals surface area contributed by atoms with E-state index in [1.54, 1.807) is 13.8 Å². The van der Waals surface area contributed by atoms with Crippen LogP contribution in [0.4, 0.5) is 0 Å². The van der Waals surface area contributed by atoms with Crippen molar-refractivity contribution in [3.05, 3.63) is 24.3 Å². The first-order valence-electron chi connectivity index (χ1n) is 7.40. The maximum Gasteiger partial charge on any atom is 0.331 e. The van der Waals surface area contributed by atoms with Crippen LogP contribution in [0.1, 0.15) is 33.6 Å². The normalized spacial score (nSPS) is 29.0. The second-order valence-corrected chi connectivity index (χ2v) is 5.16. The van der Waals surface area contributed by atoms with Crippen LogP contribution in [0.2, 0.25) is 0 Å². The number of hydrogen-bond donors (Lipinski definition) is 1. The molecule has 0 radical (unpaired) electrons. The van der Waals surface area contributed by atoms with Gasteiger partial charge in [0, 0.05) is 19.4 Å². The highest BCUT2D eigenvalue weighted by molar-refractivity contribution is 5.82. The molecule has 1 rings (SSSR count). The van der Waals surface area contributed by atoms with Crippen molar-refractivity contribution in [3.63, 3.8) is 0 Å². The van der Waals surface area contributed by atoms with Crippen LogP contribution in [0, 0.1) is 0 Å². The van der Waals surface area contributed by atoms with Crippen molar-refractivity contribution in [2.24, 2.45) is 0 Å². The number of carbonyl (C=O) groups excluding carboxylic acids is 3. The monoisotopic (exact) mass is 326 g/mol. The Kier molecular flexibility index (Phi) is 7.47. The molecular formula is C16H22O7. The molecule has 0 saturated carbocycles. The largest absolute Gasteiger partial charge is 0.459 e. The molecular weight excluding hydrogens is 304 g/mol. The molecule has 0 bridgehead atoms. The lowest BCUT2D eigenvalue weighted by molar-refractivity contribution is -0.163. The van der Waals surface area contributed by atoms with Gasteiger partial charge in [0.05, 0.1) is 0 Å². The quantitative estimate of drug-likeness (QED) is 0.358. The van der Waals surface area contributed by atoms with Crippen LogP contribution < -0.4 is 0 Å². The average Bonchev–Trinajstić information content (AvgIpc) is 2.46. The molecule has 0 unspecified atom stereocenters. The van der Waals surface area contributed by atoms with Gasteiger partial charge in [-0.05, 0) is 26.3 Å². The first kappa shape index (κ1) is 18.9. The summed E-state index contributed by atoms with van der Waals surface area (Å²) in [5.74, 6) is -1.67. The second-order valence-electron chi connectivity index (χ2n) is 5.16. The Morgan fingerprint density at radius 1 is 1.35 bits per heavy atom. The van der Waals surface area contributed by atoms with Gasteiger partial charge in [0.2, 0.25) is 0 Å². The fraction of sp³-hybridized carbons (Fsp3) is 0.562. The smallest absolute Gasteiger partial charge is 0.331 e. The maximum atomic E-state index is 11.8. The second kappa shape index (κ2) is 9.09. The van der Waals surface area contributed by atoms with Crippen LogP contribution in [0.5, 0.6) is 0 Å². The molecule has 0 amide bonds. The number of aliphatic hydroxyl groups is 1. The van der Waals surface area contributed by atoms with Gasteiger partial charge in [-0.15, -0.1) is 0 Å². The molecule has 4 atom stereocenters. The SMILES string of the molecule is C/C=C/C(=O)O[C@H]1C=C[C@@H](O)[C@@H](OC(C)=O)CCC(=O)O[C@@H]1C. The zero-order valence-corrected chi connectivity index (χ0v) is 13.4. The van der Waals surface area contributed by atoms with Gasteiger partial charge in [-0.25, -0.2) is 4.79 Å². The zero-order chi connectivity index (χ0) is 17.4. The van der Waals surface area contributed by atoms with Gasteiger partial charge >= 0.3 is 17.9 Å². The lowest BCUT2D eigenvalue weighted by Gasteiger charge is -2.25. The number of esters is 3. The van der Waals surface area contributed by atoms with Gasteiger partial charge in [0.15, 0.2) is 6.10 Å². The minimum absolute atomic E-state index is 0.0251. The van der Waals surface area contributed by atoms with Crippen molar-refractivity contribution in [1.29, 1.82) is 0 Å². The van der Waals surface area contributed by atoms with E-state index in [1.165, 1.54) is 31.2 Å². The van der Waals surface area contributed by atoms with E-state index in [2.05, 4.69) is 0 Å². The van der Waals surface area contributed by atoms with Gasteiger partial charge in [-0.1, -0.05) is 12.2 Å². The van der Waals surface area contributed by atoms with Crippen LogP contribution in [-0.4, -0.2) is 47.4 Å². The highest BCUT2D eigenvalue weighted by atomic mass is 16.6. The zero-order valence-electron chi connectivity index (χ0n) is 13.4. The van der Waals surface area contributed by atoms with Crippen LogP contribution in [0.15, 0.2) is 24.3 Å². The third kappa shape index (κ3) is 6.65. The van der Waals surface area contributed by atoms with E-state index in [1.807, 2.05) is 0 Å². The fourth-order valence-electron chi connectivity index (χ4n) is 2.05. The Morgan fingerprint density at radius 3 is 2.65 bits per heavy atom. The lowest BCUT2D eigenvalue weighted by atomic mass is 10.0. The lowest BCUT2D eigenvalue weighted by Crippen LogP contribution is -2.35. The van der Waals surface area contributed by atoms with E-state index in [4.69, 9.17) is 14.2 Å². The fourth-order valence-corrected chi connectivity index (χ4v) is 2.05. The predicted molar refractivity (Wildman–Crippen MR) is 80.2 cm³/mol. The van der Waals surface area contributed by atoms with Crippen LogP contribution in [0.3, 0.4) is 0 Å². The Labute approximate surface area is 134 Å². The van der Waals surface area contributed by atoms with Crippen molar-refractivity contribution in [2.45, 2.75) is 58.0 Å². The van der Waals surface area contributed by atoms with E-state index in [0.717, 1.165) is 0 Å². The molecule has 1 aliphatic heterocycles. The van der Waals surface area contributed by atoms with Crippen molar-refractivity contribution in [2.75, 3.05) is 0 Å². The molecule has 0 aromatic heterocycles. The van der Waals surface area contributed by atoms with E-state index in [9.17, 15) is 19.5 Å². The molecule has 0 saturated heterocycles. The highest BCUT2D eigenvalue weighted by Crippen LogP contribution is 2.16. The summed E-state index contributed by atoms with van der Waals surface area (Å²) in [5, 5.41) is 10.1. The molecule has 0 fully saturated rings. The standard InChI is InChI=1S/C16H22O7/c1-4-5-15(19)23-13-7-6-12(18)14(22-11(3)17)8-9-16(20)21-10(13)2/h4-7,10,12-14,18H,8-9H2,1-3H3/b5-4+,7-6?/t10-,12-,13+,14+/m1/s1. The Hall–Kier alpha value is -2.15. The molecule has 0 spiro atoms. The number of aliphatic hydroxyl groups excluding tert-OH is 1. The number of cyclic esters (lactones) is 1. The molecule has 0 aliphatic carbocycles. The summed E-state index contributed by atoms with van der Waals surface area (Å²) in [6, 6.07) is 0. The molecule has 1 aliphatic rings. The van der Waals surface area contributed by atoms with Gasteiger partial charge in [0.1, 0.15) is 18.3 Å². The minimum atomic E-state index is -1.11. The van der Waals surface area contributed by atoms with Crippen molar-refractivity contribution < 1.29 is 33.7 Å². The molecule has 0 aromatic rings. The van der Waals surface area contributed by atoms with Crippen molar-refractivity contribution >= 4 is 17.9 Å². The van der Waals surface area contributed by atoms with E-state index in [0.29, 0.717) is 0 Å². The molecule has 23 heavy (non-hydrogen) atoms. The topological polar surface area (TPSA) is 99.1 Å². The van der Waals surface area contributed by atoms with Gasteiger partial charge in [-0.3, -0.25) is 9.59 Å². The number of hydrogen-bond acceptors (Lipinski definition) is 7. The Morgan fingerprint density at radius 2 is 2.04 bits per heavy atom. The van der Waals surface area contributed by atoms with Gasteiger partial charge < -0.3 is 19.3 Å². The number of rotatable bonds is 3. The number of ether oxygens (including phenoxy) is 3. The van der Waals surface area contributed by atoms with E-state index in [-0.39, 0.29) is 12.8 Å². The Balaban J connectivity index is 2.93. The Bertz CT molecular complexity index is 495. The van der Waals surface area contributed by atoms with Gasteiger partial charge in [0.25, 0.3) is 0 Å². The third-order valence-electron chi connectivity index (χ3n) is 3.16. The van der Waals surface area contributed by atoms with Crippen molar-refractivity contribution in [3.8, 4) is 0 Å². The molecule has 7 nitrogen and oxygen atoms in total. The number of allylic oxidation sites excluding steroid dienone is 1. The van der Waals surface area contributed by atoms with Crippen LogP contribution in [0.25, 0.3) is 0 Å². The first-order valence-corrected chi connectivity index (χ1v) is 7.40. The molecule has 1 heterocycles. The summed E-state index contributed by atoms with van der Waals surface area (Å²) < 4.78 is 15.4. The highest BCUT2D eigenvalue weighted by Gasteiger charge is 2.27. The maximum absolute atomic E-state index is 11.8. The average molecular weight is 326 g/mol. The molecule has 0 aromatic carbocycles. The summed E-state index contributed by atoms with van der Waals surface area (Å²) >= 11 is 0. The molecule has 1 N–H and O–H groups in total. The predicted octanol–water partition coefficient (Wildman–Crippen LogP) is 1.05.